The van der Waals surface area contributed by atoms with Gasteiger partial charge in [0, 0.05) is 13.1 Å². The van der Waals surface area contributed by atoms with Crippen LogP contribution in [0.4, 0.5) is 11.4 Å². The quantitative estimate of drug-likeness (QED) is 0.707. The molecule has 0 aliphatic carbocycles. The van der Waals surface area contributed by atoms with Crippen LogP contribution in [0.25, 0.3) is 0 Å². The molecular weight excluding hydrogens is 268 g/mol. The molecule has 0 saturated heterocycles. The molecule has 0 heterocycles. The average Bonchev–Trinajstić information content (AvgIpc) is 2.48. The van der Waals surface area contributed by atoms with Crippen molar-refractivity contribution in [3.05, 3.63) is 59.7 Å². The maximum atomic E-state index is 11.2. The number of carbonyl (C=O) groups is 1. The highest BCUT2D eigenvalue weighted by Gasteiger charge is 2.16. The van der Waals surface area contributed by atoms with E-state index in [2.05, 4.69) is 0 Å². The van der Waals surface area contributed by atoms with Gasteiger partial charge in [-0.25, -0.2) is 4.79 Å². The van der Waals surface area contributed by atoms with E-state index in [-0.39, 0.29) is 17.9 Å². The van der Waals surface area contributed by atoms with Gasteiger partial charge in [-0.05, 0) is 17.7 Å². The number of para-hydroxylation sites is 1. The second-order valence-electron chi connectivity index (χ2n) is 4.67. The summed E-state index contributed by atoms with van der Waals surface area (Å²) < 4.78 is 0. The van der Waals surface area contributed by atoms with Crippen molar-refractivity contribution < 1.29 is 15.0 Å². The van der Waals surface area contributed by atoms with E-state index in [0.29, 0.717) is 18.8 Å². The van der Waals surface area contributed by atoms with Gasteiger partial charge in [0.05, 0.1) is 23.5 Å². The summed E-state index contributed by atoms with van der Waals surface area (Å²) in [5, 5.41) is 18.4. The van der Waals surface area contributed by atoms with Crippen LogP contribution in [0.2, 0.25) is 0 Å². The number of nitrogens with zero attached hydrogens (tertiary/aromatic N) is 1. The van der Waals surface area contributed by atoms with Gasteiger partial charge in [-0.15, -0.1) is 0 Å². The van der Waals surface area contributed by atoms with Gasteiger partial charge in [-0.1, -0.05) is 36.4 Å². The van der Waals surface area contributed by atoms with E-state index < -0.39 is 5.97 Å². The van der Waals surface area contributed by atoms with Crippen molar-refractivity contribution in [2.24, 2.45) is 0 Å². The van der Waals surface area contributed by atoms with Crippen LogP contribution in [0.15, 0.2) is 48.5 Å². The van der Waals surface area contributed by atoms with Gasteiger partial charge >= 0.3 is 5.97 Å². The third-order valence-corrected chi connectivity index (χ3v) is 3.24. The molecule has 5 nitrogen and oxygen atoms in total. The minimum Gasteiger partial charge on any atom is -0.478 e. The van der Waals surface area contributed by atoms with Crippen LogP contribution >= 0.6 is 0 Å². The van der Waals surface area contributed by atoms with Crippen molar-refractivity contribution in [1.29, 1.82) is 0 Å². The van der Waals surface area contributed by atoms with Crippen LogP contribution in [-0.2, 0) is 6.54 Å². The number of carboxylic acid groups (broad SMARTS) is 1. The number of aromatic carboxylic acids is 1. The molecule has 0 aliphatic rings. The largest absolute Gasteiger partial charge is 0.478 e. The van der Waals surface area contributed by atoms with Crippen molar-refractivity contribution in [1.82, 2.24) is 0 Å². The summed E-state index contributed by atoms with van der Waals surface area (Å²) in [6.07, 6.45) is 0. The summed E-state index contributed by atoms with van der Waals surface area (Å²) in [5.74, 6) is -1.06. The summed E-state index contributed by atoms with van der Waals surface area (Å²) in [6, 6.07) is 14.6. The zero-order chi connectivity index (χ0) is 15.2. The van der Waals surface area contributed by atoms with Crippen LogP contribution in [0.1, 0.15) is 15.9 Å². The molecule has 0 amide bonds. The van der Waals surface area contributed by atoms with Crippen molar-refractivity contribution in [2.45, 2.75) is 6.54 Å². The van der Waals surface area contributed by atoms with Crippen LogP contribution in [0.3, 0.4) is 0 Å². The molecule has 5 heteroatoms. The van der Waals surface area contributed by atoms with Gasteiger partial charge in [-0.2, -0.15) is 0 Å². The van der Waals surface area contributed by atoms with Crippen molar-refractivity contribution in [2.75, 3.05) is 23.8 Å². The lowest BCUT2D eigenvalue weighted by atomic mass is 10.1. The molecule has 0 saturated carbocycles. The maximum Gasteiger partial charge on any atom is 0.337 e. The second kappa shape index (κ2) is 6.76. The predicted octanol–water partition coefficient (Wildman–Crippen LogP) is 1.97. The molecule has 0 radical (unpaired) electrons. The van der Waals surface area contributed by atoms with E-state index in [0.717, 1.165) is 5.56 Å². The second-order valence-corrected chi connectivity index (χ2v) is 4.67. The molecule has 0 atom stereocenters. The monoisotopic (exact) mass is 286 g/mol. The smallest absolute Gasteiger partial charge is 0.337 e. The predicted molar refractivity (Wildman–Crippen MR) is 82.4 cm³/mol. The van der Waals surface area contributed by atoms with Crippen LogP contribution in [-0.4, -0.2) is 29.3 Å². The fourth-order valence-electron chi connectivity index (χ4n) is 2.22. The molecule has 0 aliphatic heterocycles. The molecule has 0 spiro atoms. The van der Waals surface area contributed by atoms with E-state index in [9.17, 15) is 9.90 Å². The van der Waals surface area contributed by atoms with E-state index in [1.807, 2.05) is 35.2 Å². The Morgan fingerprint density at radius 2 is 1.81 bits per heavy atom. The lowest BCUT2D eigenvalue weighted by Crippen LogP contribution is -2.27. The number of hydrogen-bond donors (Lipinski definition) is 3. The number of carboxylic acids is 1. The van der Waals surface area contributed by atoms with Gasteiger partial charge in [0.1, 0.15) is 0 Å². The van der Waals surface area contributed by atoms with Crippen molar-refractivity contribution in [3.8, 4) is 0 Å². The summed E-state index contributed by atoms with van der Waals surface area (Å²) in [4.78, 5) is 13.0. The first-order valence-corrected chi connectivity index (χ1v) is 6.65. The molecular formula is C16H18N2O3. The third kappa shape index (κ3) is 3.52. The van der Waals surface area contributed by atoms with Gasteiger partial charge in [0.2, 0.25) is 0 Å². The lowest BCUT2D eigenvalue weighted by molar-refractivity contribution is 0.0698. The normalized spacial score (nSPS) is 10.3. The number of benzene rings is 2. The highest BCUT2D eigenvalue weighted by molar-refractivity contribution is 5.97. The number of nitrogen functional groups attached to an aromatic ring is 1. The topological polar surface area (TPSA) is 86.8 Å². The Hall–Kier alpha value is -2.53. The number of anilines is 2. The van der Waals surface area contributed by atoms with Gasteiger partial charge in [0.25, 0.3) is 0 Å². The molecule has 2 aromatic rings. The zero-order valence-electron chi connectivity index (χ0n) is 11.6. The number of aliphatic hydroxyl groups excluding tert-OH is 1. The Morgan fingerprint density at radius 1 is 1.10 bits per heavy atom. The number of nitrogens with two attached hydrogens (primary N) is 1. The van der Waals surface area contributed by atoms with E-state index in [4.69, 9.17) is 10.8 Å². The molecule has 2 aromatic carbocycles. The summed E-state index contributed by atoms with van der Waals surface area (Å²) in [6.45, 7) is 0.889. The highest BCUT2D eigenvalue weighted by Crippen LogP contribution is 2.28. The Morgan fingerprint density at radius 3 is 2.43 bits per heavy atom. The minimum atomic E-state index is -1.06. The highest BCUT2D eigenvalue weighted by atomic mass is 16.4. The maximum absolute atomic E-state index is 11.2. The summed E-state index contributed by atoms with van der Waals surface area (Å²) in [7, 11) is 0. The minimum absolute atomic E-state index is 0.0381. The molecule has 0 bridgehead atoms. The Bertz CT molecular complexity index is 614. The van der Waals surface area contributed by atoms with Crippen LogP contribution in [0.5, 0.6) is 0 Å². The SMILES string of the molecule is Nc1c(C(=O)O)cccc1N(CCO)Cc1ccccc1. The first kappa shape index (κ1) is 14.9. The van der Waals surface area contributed by atoms with E-state index in [1.54, 1.807) is 12.1 Å². The Kier molecular flexibility index (Phi) is 4.79. The summed E-state index contributed by atoms with van der Waals surface area (Å²) in [5.41, 5.74) is 7.93. The zero-order valence-corrected chi connectivity index (χ0v) is 11.6. The first-order valence-electron chi connectivity index (χ1n) is 6.65. The molecule has 0 unspecified atom stereocenters. The van der Waals surface area contributed by atoms with Crippen LogP contribution < -0.4 is 10.6 Å². The third-order valence-electron chi connectivity index (χ3n) is 3.24. The average molecular weight is 286 g/mol. The van der Waals surface area contributed by atoms with Crippen molar-refractivity contribution >= 4 is 17.3 Å². The Balaban J connectivity index is 2.34. The fourth-order valence-corrected chi connectivity index (χ4v) is 2.22. The first-order chi connectivity index (χ1) is 10.1. The molecule has 0 fully saturated rings. The van der Waals surface area contributed by atoms with Gasteiger partial charge < -0.3 is 20.8 Å². The molecule has 2 rings (SSSR count). The number of hydrogen-bond acceptors (Lipinski definition) is 4. The molecule has 0 aromatic heterocycles. The Labute approximate surface area is 123 Å². The number of rotatable bonds is 6. The molecule has 21 heavy (non-hydrogen) atoms. The number of aliphatic hydroxyl groups is 1. The van der Waals surface area contributed by atoms with E-state index >= 15 is 0 Å². The van der Waals surface area contributed by atoms with Gasteiger partial charge in [0.15, 0.2) is 0 Å². The fraction of sp³-hybridized carbons (Fsp3) is 0.188. The van der Waals surface area contributed by atoms with E-state index in [1.165, 1.54) is 6.07 Å². The molecule has 110 valence electrons. The van der Waals surface area contributed by atoms with Crippen molar-refractivity contribution in [3.63, 3.8) is 0 Å². The van der Waals surface area contributed by atoms with Gasteiger partial charge in [-0.3, -0.25) is 0 Å². The van der Waals surface area contributed by atoms with Crippen LogP contribution in [0, 0.1) is 0 Å². The standard InChI is InChI=1S/C16H18N2O3/c17-15-13(16(20)21)7-4-8-14(15)18(9-10-19)11-12-5-2-1-3-6-12/h1-8,19H,9-11,17H2,(H,20,21). The summed E-state index contributed by atoms with van der Waals surface area (Å²) >= 11 is 0. The lowest BCUT2D eigenvalue weighted by Gasteiger charge is -2.26. The molecule has 4 N–H and O–H groups in total.